The van der Waals surface area contributed by atoms with Gasteiger partial charge in [0.25, 0.3) is 0 Å². The molecule has 0 saturated heterocycles. The maximum Gasteiger partial charge on any atom is 0.238 e. The molecule has 0 aliphatic carbocycles. The third-order valence-electron chi connectivity index (χ3n) is 2.89. The molecule has 0 aliphatic rings. The number of aromatic nitrogens is 2. The number of hydrogen-bond acceptors (Lipinski definition) is 5. The van der Waals surface area contributed by atoms with Gasteiger partial charge in [0.15, 0.2) is 11.5 Å². The zero-order valence-electron chi connectivity index (χ0n) is 12.3. The van der Waals surface area contributed by atoms with E-state index in [-0.39, 0.29) is 0 Å². The molecular formula is C15H18BrN3O2. The Hall–Kier alpha value is -1.82. The summed E-state index contributed by atoms with van der Waals surface area (Å²) in [5.41, 5.74) is 1.19. The van der Waals surface area contributed by atoms with Crippen LogP contribution in [-0.2, 0) is 6.42 Å². The number of benzene rings is 1. The molecular weight excluding hydrogens is 334 g/mol. The molecule has 0 atom stereocenters. The summed E-state index contributed by atoms with van der Waals surface area (Å²) in [6.45, 7) is 4.83. The van der Waals surface area contributed by atoms with E-state index in [4.69, 9.17) is 9.47 Å². The van der Waals surface area contributed by atoms with Crippen molar-refractivity contribution in [3.05, 3.63) is 34.4 Å². The molecule has 1 aromatic carbocycles. The Balaban J connectivity index is 2.31. The average Bonchev–Trinajstić information content (AvgIpc) is 2.51. The molecule has 2 rings (SSSR count). The third-order valence-corrected chi connectivity index (χ3v) is 3.43. The fourth-order valence-corrected chi connectivity index (χ4v) is 2.06. The fourth-order valence-electron chi connectivity index (χ4n) is 1.79. The summed E-state index contributed by atoms with van der Waals surface area (Å²) in [5, 5.41) is 3.05. The van der Waals surface area contributed by atoms with Crippen molar-refractivity contribution in [2.75, 3.05) is 19.0 Å². The minimum Gasteiger partial charge on any atom is -0.493 e. The maximum absolute atomic E-state index is 5.85. The van der Waals surface area contributed by atoms with E-state index in [1.54, 1.807) is 13.3 Å². The van der Waals surface area contributed by atoms with Gasteiger partial charge in [0, 0.05) is 6.54 Å². The van der Waals surface area contributed by atoms with Gasteiger partial charge in [-0.3, -0.25) is 0 Å². The van der Waals surface area contributed by atoms with Crippen LogP contribution in [-0.4, -0.2) is 23.6 Å². The second kappa shape index (κ2) is 7.26. The number of ether oxygens (including phenoxy) is 2. The van der Waals surface area contributed by atoms with Crippen LogP contribution in [0.25, 0.3) is 0 Å². The van der Waals surface area contributed by atoms with Crippen LogP contribution in [0, 0.1) is 0 Å². The predicted octanol–water partition coefficient (Wildman–Crippen LogP) is 4.03. The molecule has 1 aromatic heterocycles. The lowest BCUT2D eigenvalue weighted by Crippen LogP contribution is -2.03. The van der Waals surface area contributed by atoms with Crippen LogP contribution in [0.4, 0.5) is 5.95 Å². The first kappa shape index (κ1) is 15.6. The largest absolute Gasteiger partial charge is 0.493 e. The smallest absolute Gasteiger partial charge is 0.238 e. The van der Waals surface area contributed by atoms with Gasteiger partial charge in [-0.1, -0.05) is 13.0 Å². The van der Waals surface area contributed by atoms with Crippen molar-refractivity contribution in [1.29, 1.82) is 0 Å². The zero-order valence-corrected chi connectivity index (χ0v) is 13.9. The van der Waals surface area contributed by atoms with E-state index in [1.807, 2.05) is 25.1 Å². The molecule has 0 amide bonds. The van der Waals surface area contributed by atoms with Crippen LogP contribution in [0.1, 0.15) is 19.4 Å². The Bertz CT molecular complexity index is 620. The van der Waals surface area contributed by atoms with Crippen molar-refractivity contribution in [2.45, 2.75) is 20.3 Å². The molecule has 21 heavy (non-hydrogen) atoms. The number of halogens is 1. The first-order valence-corrected chi connectivity index (χ1v) is 7.58. The van der Waals surface area contributed by atoms with Gasteiger partial charge in [0.2, 0.25) is 11.8 Å². The van der Waals surface area contributed by atoms with E-state index in [0.717, 1.165) is 13.0 Å². The summed E-state index contributed by atoms with van der Waals surface area (Å²) >= 11 is 3.40. The summed E-state index contributed by atoms with van der Waals surface area (Å²) in [7, 11) is 1.63. The first-order chi connectivity index (χ1) is 10.2. The molecule has 5 nitrogen and oxygen atoms in total. The molecule has 0 aliphatic heterocycles. The minimum atomic E-state index is 0.448. The number of rotatable bonds is 6. The van der Waals surface area contributed by atoms with Crippen molar-refractivity contribution < 1.29 is 9.47 Å². The molecule has 0 unspecified atom stereocenters. The number of nitrogens with one attached hydrogen (secondary N) is 1. The van der Waals surface area contributed by atoms with Gasteiger partial charge in [0.1, 0.15) is 0 Å². The lowest BCUT2D eigenvalue weighted by Gasteiger charge is -2.12. The molecule has 2 aromatic rings. The van der Waals surface area contributed by atoms with Crippen LogP contribution >= 0.6 is 15.9 Å². The fraction of sp³-hybridized carbons (Fsp3) is 0.333. The number of aryl methyl sites for hydroxylation is 1. The second-order valence-corrected chi connectivity index (χ2v) is 5.17. The van der Waals surface area contributed by atoms with Crippen molar-refractivity contribution in [2.24, 2.45) is 0 Å². The molecule has 1 heterocycles. The van der Waals surface area contributed by atoms with Crippen LogP contribution in [0.15, 0.2) is 28.9 Å². The lowest BCUT2D eigenvalue weighted by molar-refractivity contribution is 0.372. The summed E-state index contributed by atoms with van der Waals surface area (Å²) in [4.78, 5) is 8.49. The predicted molar refractivity (Wildman–Crippen MR) is 86.3 cm³/mol. The van der Waals surface area contributed by atoms with Crippen molar-refractivity contribution >= 4 is 21.9 Å². The van der Waals surface area contributed by atoms with E-state index in [0.29, 0.717) is 27.8 Å². The molecule has 1 N–H and O–H groups in total. The summed E-state index contributed by atoms with van der Waals surface area (Å²) < 4.78 is 11.9. The van der Waals surface area contributed by atoms with Crippen molar-refractivity contribution in [1.82, 2.24) is 9.97 Å². The number of anilines is 1. The van der Waals surface area contributed by atoms with Crippen LogP contribution in [0.2, 0.25) is 0 Å². The normalized spacial score (nSPS) is 10.3. The molecule has 0 spiro atoms. The van der Waals surface area contributed by atoms with Gasteiger partial charge < -0.3 is 14.8 Å². The van der Waals surface area contributed by atoms with Gasteiger partial charge in [-0.15, -0.1) is 0 Å². The van der Waals surface area contributed by atoms with Crippen LogP contribution in [0.5, 0.6) is 17.4 Å². The third kappa shape index (κ3) is 3.85. The topological polar surface area (TPSA) is 56.3 Å². The minimum absolute atomic E-state index is 0.448. The van der Waals surface area contributed by atoms with E-state index >= 15 is 0 Å². The summed E-state index contributed by atoms with van der Waals surface area (Å²) in [5.74, 6) is 2.28. The Labute approximate surface area is 132 Å². The number of nitrogens with zero attached hydrogens (tertiary/aromatic N) is 2. The van der Waals surface area contributed by atoms with E-state index in [1.165, 1.54) is 5.56 Å². The average molecular weight is 352 g/mol. The van der Waals surface area contributed by atoms with E-state index in [2.05, 4.69) is 38.1 Å². The highest BCUT2D eigenvalue weighted by Crippen LogP contribution is 2.34. The van der Waals surface area contributed by atoms with Crippen LogP contribution in [0.3, 0.4) is 0 Å². The summed E-state index contributed by atoms with van der Waals surface area (Å²) in [6, 6.07) is 5.87. The van der Waals surface area contributed by atoms with Gasteiger partial charge >= 0.3 is 0 Å². The monoisotopic (exact) mass is 351 g/mol. The maximum atomic E-state index is 5.85. The van der Waals surface area contributed by atoms with E-state index < -0.39 is 0 Å². The highest BCUT2D eigenvalue weighted by Gasteiger charge is 2.11. The van der Waals surface area contributed by atoms with Gasteiger partial charge in [-0.2, -0.15) is 4.98 Å². The molecule has 0 radical (unpaired) electrons. The number of methoxy groups -OCH3 is 1. The molecule has 112 valence electrons. The van der Waals surface area contributed by atoms with Gasteiger partial charge in [0.05, 0.1) is 17.8 Å². The Morgan fingerprint density at radius 3 is 2.71 bits per heavy atom. The number of hydrogen-bond donors (Lipinski definition) is 1. The van der Waals surface area contributed by atoms with Gasteiger partial charge in [-0.05, 0) is 47.0 Å². The summed E-state index contributed by atoms with van der Waals surface area (Å²) in [6.07, 6.45) is 2.60. The second-order valence-electron chi connectivity index (χ2n) is 4.32. The Morgan fingerprint density at radius 1 is 1.24 bits per heavy atom. The Kier molecular flexibility index (Phi) is 5.38. The highest BCUT2D eigenvalue weighted by atomic mass is 79.9. The Morgan fingerprint density at radius 2 is 2.05 bits per heavy atom. The van der Waals surface area contributed by atoms with Crippen molar-refractivity contribution in [3.63, 3.8) is 0 Å². The van der Waals surface area contributed by atoms with Crippen LogP contribution < -0.4 is 14.8 Å². The standard InChI is InChI=1S/C15H18BrN3O2/c1-4-10-6-7-12(13(8-10)20-3)21-14-11(16)9-18-15(19-14)17-5-2/h6-9H,4-5H2,1-3H3,(H,17,18,19). The molecule has 0 saturated carbocycles. The molecule has 0 fully saturated rings. The lowest BCUT2D eigenvalue weighted by atomic mass is 10.1. The quantitative estimate of drug-likeness (QED) is 0.851. The molecule has 6 heteroatoms. The van der Waals surface area contributed by atoms with Crippen molar-refractivity contribution in [3.8, 4) is 17.4 Å². The van der Waals surface area contributed by atoms with Gasteiger partial charge in [-0.25, -0.2) is 4.98 Å². The SMILES string of the molecule is CCNc1ncc(Br)c(Oc2ccc(CC)cc2OC)n1. The first-order valence-electron chi connectivity index (χ1n) is 6.79. The molecule has 0 bridgehead atoms. The van der Waals surface area contributed by atoms with E-state index in [9.17, 15) is 0 Å². The highest BCUT2D eigenvalue weighted by molar-refractivity contribution is 9.10. The zero-order chi connectivity index (χ0) is 15.2.